The van der Waals surface area contributed by atoms with E-state index in [0.29, 0.717) is 0 Å². The fourth-order valence-electron chi connectivity index (χ4n) is 2.63. The minimum absolute atomic E-state index is 0.0392. The molecule has 1 saturated heterocycles. The van der Waals surface area contributed by atoms with Gasteiger partial charge in [0, 0.05) is 6.04 Å². The second-order valence-corrected chi connectivity index (χ2v) is 5.71. The van der Waals surface area contributed by atoms with Gasteiger partial charge in [0.2, 0.25) is 5.91 Å². The van der Waals surface area contributed by atoms with Gasteiger partial charge in [0.05, 0.1) is 12.6 Å². The van der Waals surface area contributed by atoms with Gasteiger partial charge in [-0.15, -0.1) is 0 Å². The normalized spacial score (nSPS) is 23.4. The summed E-state index contributed by atoms with van der Waals surface area (Å²) in [4.78, 5) is 14.3. The van der Waals surface area contributed by atoms with Crippen LogP contribution in [0.1, 0.15) is 52.3 Å². The average molecular weight is 290 g/mol. The van der Waals surface area contributed by atoms with Crippen molar-refractivity contribution in [1.82, 2.24) is 10.2 Å². The first-order valence-corrected chi connectivity index (χ1v) is 7.89. The molecule has 1 heterocycles. The predicted octanol–water partition coefficient (Wildman–Crippen LogP) is 3.09. The fourth-order valence-corrected chi connectivity index (χ4v) is 2.63. The summed E-state index contributed by atoms with van der Waals surface area (Å²) in [6, 6.07) is 8.16. The topological polar surface area (TPSA) is 41.6 Å². The van der Waals surface area contributed by atoms with Gasteiger partial charge in [0.25, 0.3) is 0 Å². The summed E-state index contributed by atoms with van der Waals surface area (Å²) in [5.74, 6) is 1.06. The Morgan fingerprint density at radius 1 is 1.29 bits per heavy atom. The first-order chi connectivity index (χ1) is 10.1. The summed E-state index contributed by atoms with van der Waals surface area (Å²) < 4.78 is 5.61. The molecule has 116 valence electrons. The van der Waals surface area contributed by atoms with E-state index in [9.17, 15) is 4.79 Å². The highest BCUT2D eigenvalue weighted by molar-refractivity contribution is 5.84. The zero-order valence-corrected chi connectivity index (χ0v) is 13.4. The maximum atomic E-state index is 12.3. The summed E-state index contributed by atoms with van der Waals surface area (Å²) in [6.45, 7) is 8.96. The SMILES string of the molecule is CCCOc1ccc(C2NC(C)C(=O)N2C(C)CC)cc1. The van der Waals surface area contributed by atoms with E-state index in [0.717, 1.165) is 30.8 Å². The van der Waals surface area contributed by atoms with Gasteiger partial charge in [0.1, 0.15) is 11.9 Å². The third kappa shape index (κ3) is 3.38. The molecule has 1 aromatic carbocycles. The molecule has 1 amide bonds. The van der Waals surface area contributed by atoms with Crippen LogP contribution in [0, 0.1) is 0 Å². The number of nitrogens with zero attached hydrogens (tertiary/aromatic N) is 1. The van der Waals surface area contributed by atoms with E-state index >= 15 is 0 Å². The van der Waals surface area contributed by atoms with Gasteiger partial charge in [-0.3, -0.25) is 10.1 Å². The molecule has 1 aliphatic heterocycles. The first kappa shape index (κ1) is 15.8. The molecule has 4 heteroatoms. The van der Waals surface area contributed by atoms with E-state index in [-0.39, 0.29) is 24.2 Å². The molecule has 1 N–H and O–H groups in total. The molecule has 0 spiro atoms. The van der Waals surface area contributed by atoms with Crippen molar-refractivity contribution in [1.29, 1.82) is 0 Å². The molecular weight excluding hydrogens is 264 g/mol. The Morgan fingerprint density at radius 2 is 1.95 bits per heavy atom. The lowest BCUT2D eigenvalue weighted by Gasteiger charge is -2.30. The maximum Gasteiger partial charge on any atom is 0.241 e. The van der Waals surface area contributed by atoms with Crippen molar-refractivity contribution < 1.29 is 9.53 Å². The number of carbonyl (C=O) groups excluding carboxylic acids is 1. The van der Waals surface area contributed by atoms with Crippen molar-refractivity contribution in [3.8, 4) is 5.75 Å². The van der Waals surface area contributed by atoms with Crippen LogP contribution >= 0.6 is 0 Å². The molecule has 1 fully saturated rings. The quantitative estimate of drug-likeness (QED) is 0.875. The Kier molecular flexibility index (Phi) is 5.23. The van der Waals surface area contributed by atoms with E-state index in [1.54, 1.807) is 0 Å². The highest BCUT2D eigenvalue weighted by Crippen LogP contribution is 2.29. The zero-order chi connectivity index (χ0) is 15.4. The van der Waals surface area contributed by atoms with Gasteiger partial charge >= 0.3 is 0 Å². The van der Waals surface area contributed by atoms with Crippen molar-refractivity contribution in [2.45, 2.75) is 58.8 Å². The number of rotatable bonds is 6. The second kappa shape index (κ2) is 6.94. The maximum absolute atomic E-state index is 12.3. The molecule has 3 unspecified atom stereocenters. The van der Waals surface area contributed by atoms with Gasteiger partial charge in [0.15, 0.2) is 0 Å². The van der Waals surface area contributed by atoms with Crippen LogP contribution in [0.25, 0.3) is 0 Å². The number of benzene rings is 1. The summed E-state index contributed by atoms with van der Waals surface area (Å²) >= 11 is 0. The van der Waals surface area contributed by atoms with Gasteiger partial charge in [-0.1, -0.05) is 26.0 Å². The number of ether oxygens (including phenoxy) is 1. The minimum atomic E-state index is -0.125. The van der Waals surface area contributed by atoms with E-state index in [2.05, 4.69) is 26.1 Å². The van der Waals surface area contributed by atoms with Gasteiger partial charge in [-0.2, -0.15) is 0 Å². The van der Waals surface area contributed by atoms with E-state index in [1.165, 1.54) is 0 Å². The molecule has 2 rings (SSSR count). The lowest BCUT2D eigenvalue weighted by Crippen LogP contribution is -2.37. The molecule has 4 nitrogen and oxygen atoms in total. The monoisotopic (exact) mass is 290 g/mol. The summed E-state index contributed by atoms with van der Waals surface area (Å²) in [5.41, 5.74) is 1.11. The van der Waals surface area contributed by atoms with E-state index < -0.39 is 0 Å². The molecule has 0 bridgehead atoms. The first-order valence-electron chi connectivity index (χ1n) is 7.89. The standard InChI is InChI=1S/C17H26N2O2/c1-5-11-21-15-9-7-14(8-10-15)16-18-13(4)17(20)19(16)12(3)6-2/h7-10,12-13,16,18H,5-6,11H2,1-4H3. The molecule has 0 saturated carbocycles. The molecule has 0 aromatic heterocycles. The lowest BCUT2D eigenvalue weighted by atomic mass is 10.1. The molecule has 21 heavy (non-hydrogen) atoms. The Bertz CT molecular complexity index is 472. The Hall–Kier alpha value is -1.55. The van der Waals surface area contributed by atoms with Crippen LogP contribution in [0.15, 0.2) is 24.3 Å². The number of hydrogen-bond donors (Lipinski definition) is 1. The highest BCUT2D eigenvalue weighted by Gasteiger charge is 2.39. The Balaban J connectivity index is 2.17. The molecular formula is C17H26N2O2. The van der Waals surface area contributed by atoms with Crippen molar-refractivity contribution in [2.75, 3.05) is 6.61 Å². The highest BCUT2D eigenvalue weighted by atomic mass is 16.5. The van der Waals surface area contributed by atoms with Crippen LogP contribution in [0.5, 0.6) is 5.75 Å². The molecule has 1 aromatic rings. The second-order valence-electron chi connectivity index (χ2n) is 5.71. The van der Waals surface area contributed by atoms with Crippen LogP contribution in [0.2, 0.25) is 0 Å². The molecule has 0 radical (unpaired) electrons. The van der Waals surface area contributed by atoms with Gasteiger partial charge in [-0.05, 0) is 44.4 Å². The van der Waals surface area contributed by atoms with Crippen molar-refractivity contribution >= 4 is 5.91 Å². The predicted molar refractivity (Wildman–Crippen MR) is 84.2 cm³/mol. The third-order valence-electron chi connectivity index (χ3n) is 4.05. The van der Waals surface area contributed by atoms with E-state index in [4.69, 9.17) is 4.74 Å². The number of nitrogens with one attached hydrogen (secondary N) is 1. The van der Waals surface area contributed by atoms with Crippen LogP contribution in [0.3, 0.4) is 0 Å². The minimum Gasteiger partial charge on any atom is -0.494 e. The van der Waals surface area contributed by atoms with Crippen LogP contribution in [-0.4, -0.2) is 29.5 Å². The Labute approximate surface area is 127 Å². The van der Waals surface area contributed by atoms with Crippen molar-refractivity contribution in [2.24, 2.45) is 0 Å². The third-order valence-corrected chi connectivity index (χ3v) is 4.05. The van der Waals surface area contributed by atoms with E-state index in [1.807, 2.05) is 36.1 Å². The number of carbonyl (C=O) groups is 1. The average Bonchev–Trinajstić information content (AvgIpc) is 2.80. The van der Waals surface area contributed by atoms with Gasteiger partial charge < -0.3 is 9.64 Å². The molecule has 3 atom stereocenters. The van der Waals surface area contributed by atoms with Crippen LogP contribution < -0.4 is 10.1 Å². The fraction of sp³-hybridized carbons (Fsp3) is 0.588. The van der Waals surface area contributed by atoms with Crippen LogP contribution in [0.4, 0.5) is 0 Å². The summed E-state index contributed by atoms with van der Waals surface area (Å²) in [6.07, 6.45) is 1.91. The van der Waals surface area contributed by atoms with Crippen molar-refractivity contribution in [3.05, 3.63) is 29.8 Å². The summed E-state index contributed by atoms with van der Waals surface area (Å²) in [7, 11) is 0. The molecule has 1 aliphatic rings. The van der Waals surface area contributed by atoms with Gasteiger partial charge in [-0.25, -0.2) is 0 Å². The number of amides is 1. The summed E-state index contributed by atoms with van der Waals surface area (Å²) in [5, 5.41) is 3.38. The Morgan fingerprint density at radius 3 is 2.52 bits per heavy atom. The van der Waals surface area contributed by atoms with Crippen molar-refractivity contribution in [3.63, 3.8) is 0 Å². The van der Waals surface area contributed by atoms with Crippen LogP contribution in [-0.2, 0) is 4.79 Å². The molecule has 0 aliphatic carbocycles. The number of hydrogen-bond acceptors (Lipinski definition) is 3. The largest absolute Gasteiger partial charge is 0.494 e. The smallest absolute Gasteiger partial charge is 0.241 e. The lowest BCUT2D eigenvalue weighted by molar-refractivity contribution is -0.131. The zero-order valence-electron chi connectivity index (χ0n) is 13.4.